The molecule has 0 aromatic carbocycles. The summed E-state index contributed by atoms with van der Waals surface area (Å²) in [6.45, 7) is 9.01. The van der Waals surface area contributed by atoms with Crippen LogP contribution in [0.5, 0.6) is 0 Å². The van der Waals surface area contributed by atoms with Gasteiger partial charge < -0.3 is 0 Å². The molecule has 1 N–H and O–H groups in total. The first kappa shape index (κ1) is 8.82. The van der Waals surface area contributed by atoms with Crippen molar-refractivity contribution in [2.75, 3.05) is 0 Å². The largest absolute Gasteiger partial charge is 0.282 e. The second kappa shape index (κ2) is 4.68. The number of nitrogens with zero attached hydrogens (tertiary/aromatic N) is 1. The van der Waals surface area contributed by atoms with Gasteiger partial charge in [0, 0.05) is 11.8 Å². The van der Waals surface area contributed by atoms with Crippen molar-refractivity contribution in [2.45, 2.75) is 13.3 Å². The number of nitrogens with one attached hydrogen (secondary N) is 1. The number of aliphatic imine (C=N–C) groups is 1. The Labute approximate surface area is 61.5 Å². The summed E-state index contributed by atoms with van der Waals surface area (Å²) >= 11 is 0. The minimum absolute atomic E-state index is 0.192. The van der Waals surface area contributed by atoms with Gasteiger partial charge in [0.25, 0.3) is 0 Å². The van der Waals surface area contributed by atoms with E-state index >= 15 is 0 Å². The molecule has 0 aromatic heterocycles. The van der Waals surface area contributed by atoms with Crippen LogP contribution in [0.3, 0.4) is 0 Å². The van der Waals surface area contributed by atoms with E-state index in [9.17, 15) is 0 Å². The molecule has 0 fully saturated rings. The lowest BCUT2D eigenvalue weighted by Gasteiger charge is -1.92. The van der Waals surface area contributed by atoms with Crippen molar-refractivity contribution < 1.29 is 0 Å². The molecule has 0 bridgehead atoms. The smallest absolute Gasteiger partial charge is 0.150 e. The third-order valence-electron chi connectivity index (χ3n) is 0.954. The standard InChI is InChI=1S/C8H12N2/c1-4-6-10-8(9)7(3)5-2/h5-6,9H,2-4H2,1H3. The quantitative estimate of drug-likeness (QED) is 0.351. The highest BCUT2D eigenvalue weighted by Gasteiger charge is 1.91. The predicted octanol–water partition coefficient (Wildman–Crippen LogP) is 2.19. The van der Waals surface area contributed by atoms with Crippen LogP contribution in [-0.4, -0.2) is 12.1 Å². The van der Waals surface area contributed by atoms with Gasteiger partial charge in [-0.25, -0.2) is 4.99 Å². The highest BCUT2D eigenvalue weighted by molar-refractivity contribution is 6.01. The summed E-state index contributed by atoms with van der Waals surface area (Å²) in [6.07, 6.45) is 4.04. The lowest BCUT2D eigenvalue weighted by molar-refractivity contribution is 1.31. The lowest BCUT2D eigenvalue weighted by Crippen LogP contribution is -1.92. The fourth-order valence-corrected chi connectivity index (χ4v) is 0.362. The molecule has 0 heterocycles. The molecule has 0 saturated carbocycles. The van der Waals surface area contributed by atoms with Gasteiger partial charge in [-0.2, -0.15) is 0 Å². The van der Waals surface area contributed by atoms with Gasteiger partial charge >= 0.3 is 0 Å². The number of amidine groups is 1. The molecule has 0 radical (unpaired) electrons. The first-order chi connectivity index (χ1) is 4.72. The van der Waals surface area contributed by atoms with E-state index < -0.39 is 0 Å². The van der Waals surface area contributed by atoms with E-state index in [0.29, 0.717) is 5.57 Å². The molecule has 0 aliphatic heterocycles. The summed E-state index contributed by atoms with van der Waals surface area (Å²) < 4.78 is 0. The molecule has 0 unspecified atom stereocenters. The average Bonchev–Trinajstić information content (AvgIpc) is 1.98. The fraction of sp³-hybridized carbons (Fsp3) is 0.250. The van der Waals surface area contributed by atoms with E-state index in [1.807, 2.05) is 6.92 Å². The molecule has 0 aromatic rings. The van der Waals surface area contributed by atoms with Crippen LogP contribution in [-0.2, 0) is 0 Å². The molecule has 0 aliphatic carbocycles. The number of hydrogen-bond acceptors (Lipinski definition) is 1. The van der Waals surface area contributed by atoms with E-state index in [1.54, 1.807) is 6.21 Å². The third-order valence-corrected chi connectivity index (χ3v) is 0.954. The van der Waals surface area contributed by atoms with Crippen LogP contribution in [0.4, 0.5) is 0 Å². The Hall–Kier alpha value is -1.18. The lowest BCUT2D eigenvalue weighted by atomic mass is 10.3. The van der Waals surface area contributed by atoms with Crippen molar-refractivity contribution in [3.63, 3.8) is 0 Å². The fourth-order valence-electron chi connectivity index (χ4n) is 0.362. The summed E-state index contributed by atoms with van der Waals surface area (Å²) in [5.74, 6) is 0.192. The Morgan fingerprint density at radius 2 is 2.30 bits per heavy atom. The molecule has 0 rings (SSSR count). The molecule has 0 amide bonds. The maximum atomic E-state index is 7.23. The van der Waals surface area contributed by atoms with Crippen molar-refractivity contribution >= 4 is 12.1 Å². The van der Waals surface area contributed by atoms with Gasteiger partial charge in [-0.05, 0) is 6.42 Å². The monoisotopic (exact) mass is 136 g/mol. The van der Waals surface area contributed by atoms with Crippen molar-refractivity contribution in [3.05, 3.63) is 24.8 Å². The molecule has 0 spiro atoms. The first-order valence-electron chi connectivity index (χ1n) is 3.15. The molecular weight excluding hydrogens is 124 g/mol. The van der Waals surface area contributed by atoms with Crippen LogP contribution < -0.4 is 0 Å². The minimum Gasteiger partial charge on any atom is -0.282 e. The van der Waals surface area contributed by atoms with Gasteiger partial charge in [-0.3, -0.25) is 5.41 Å². The highest BCUT2D eigenvalue weighted by Crippen LogP contribution is 1.93. The van der Waals surface area contributed by atoms with E-state index in [2.05, 4.69) is 18.2 Å². The van der Waals surface area contributed by atoms with Gasteiger partial charge in [0.1, 0.15) is 0 Å². The SMILES string of the molecule is C=CC(=C)C(=N)N=CCC. The van der Waals surface area contributed by atoms with Gasteiger partial charge in [0.15, 0.2) is 5.84 Å². The zero-order valence-corrected chi connectivity index (χ0v) is 6.22. The van der Waals surface area contributed by atoms with Gasteiger partial charge in [0.05, 0.1) is 0 Å². The van der Waals surface area contributed by atoms with Crippen LogP contribution in [0.15, 0.2) is 29.8 Å². The first-order valence-corrected chi connectivity index (χ1v) is 3.15. The molecule has 54 valence electrons. The maximum absolute atomic E-state index is 7.23. The second-order valence-electron chi connectivity index (χ2n) is 1.80. The molecule has 2 heteroatoms. The average molecular weight is 136 g/mol. The zero-order valence-electron chi connectivity index (χ0n) is 6.22. The molecule has 2 nitrogen and oxygen atoms in total. The van der Waals surface area contributed by atoms with Crippen LogP contribution in [0, 0.1) is 5.41 Å². The van der Waals surface area contributed by atoms with Crippen molar-refractivity contribution in [1.29, 1.82) is 5.41 Å². The van der Waals surface area contributed by atoms with E-state index in [0.717, 1.165) is 6.42 Å². The Morgan fingerprint density at radius 3 is 2.70 bits per heavy atom. The van der Waals surface area contributed by atoms with Gasteiger partial charge in [-0.15, -0.1) is 0 Å². The maximum Gasteiger partial charge on any atom is 0.150 e. The summed E-state index contributed by atoms with van der Waals surface area (Å²) in [5.41, 5.74) is 0.560. The van der Waals surface area contributed by atoms with Gasteiger partial charge in [-0.1, -0.05) is 26.2 Å². The molecule has 0 aliphatic rings. The van der Waals surface area contributed by atoms with Crippen LogP contribution in [0.2, 0.25) is 0 Å². The van der Waals surface area contributed by atoms with Crippen molar-refractivity contribution in [2.24, 2.45) is 4.99 Å². The van der Waals surface area contributed by atoms with E-state index in [4.69, 9.17) is 5.41 Å². The van der Waals surface area contributed by atoms with Crippen molar-refractivity contribution in [3.8, 4) is 0 Å². The van der Waals surface area contributed by atoms with Crippen LogP contribution in [0.25, 0.3) is 0 Å². The Morgan fingerprint density at radius 1 is 1.70 bits per heavy atom. The Balaban J connectivity index is 3.97. The Kier molecular flexibility index (Phi) is 4.12. The van der Waals surface area contributed by atoms with E-state index in [-0.39, 0.29) is 5.84 Å². The van der Waals surface area contributed by atoms with E-state index in [1.165, 1.54) is 6.08 Å². The summed E-state index contributed by atoms with van der Waals surface area (Å²) in [6, 6.07) is 0. The van der Waals surface area contributed by atoms with Crippen LogP contribution >= 0.6 is 0 Å². The molecule has 0 saturated heterocycles. The number of hydrogen-bond donors (Lipinski definition) is 1. The molecule has 0 atom stereocenters. The third kappa shape index (κ3) is 2.97. The normalized spacial score (nSPS) is 9.70. The zero-order chi connectivity index (χ0) is 7.98. The summed E-state index contributed by atoms with van der Waals surface area (Å²) in [7, 11) is 0. The summed E-state index contributed by atoms with van der Waals surface area (Å²) in [4.78, 5) is 3.80. The predicted molar refractivity (Wildman–Crippen MR) is 45.8 cm³/mol. The highest BCUT2D eigenvalue weighted by atomic mass is 14.8. The second-order valence-corrected chi connectivity index (χ2v) is 1.80. The Bertz CT molecular complexity index is 178. The van der Waals surface area contributed by atoms with Gasteiger partial charge in [0.2, 0.25) is 0 Å². The van der Waals surface area contributed by atoms with Crippen LogP contribution in [0.1, 0.15) is 13.3 Å². The summed E-state index contributed by atoms with van der Waals surface area (Å²) in [5, 5.41) is 7.23. The minimum atomic E-state index is 0.192. The van der Waals surface area contributed by atoms with Crippen molar-refractivity contribution in [1.82, 2.24) is 0 Å². The molecular formula is C8H12N2. The number of rotatable bonds is 3. The topological polar surface area (TPSA) is 36.2 Å². The molecule has 10 heavy (non-hydrogen) atoms.